The molecular formula is C10H18O3. The van der Waals surface area contributed by atoms with E-state index in [1.54, 1.807) is 7.11 Å². The Bertz CT molecular complexity index is 181. The number of rotatable bonds is 3. The molecule has 0 unspecified atom stereocenters. The van der Waals surface area contributed by atoms with Crippen molar-refractivity contribution in [3.63, 3.8) is 0 Å². The van der Waals surface area contributed by atoms with E-state index >= 15 is 0 Å². The van der Waals surface area contributed by atoms with Gasteiger partial charge in [-0.3, -0.25) is 4.79 Å². The highest BCUT2D eigenvalue weighted by Gasteiger charge is 2.34. The standard InChI is InChI=1S/C10H18O3/c1-10(2,12-3)9(11)8-4-6-13-7-5-8/h8H,4-7H2,1-3H3. The first-order chi connectivity index (χ1) is 6.08. The fourth-order valence-corrected chi connectivity index (χ4v) is 1.55. The number of ether oxygens (including phenoxy) is 2. The number of methoxy groups -OCH3 is 1. The van der Waals surface area contributed by atoms with E-state index in [2.05, 4.69) is 0 Å². The summed E-state index contributed by atoms with van der Waals surface area (Å²) >= 11 is 0. The van der Waals surface area contributed by atoms with Gasteiger partial charge < -0.3 is 9.47 Å². The molecule has 1 aliphatic rings. The molecule has 0 atom stereocenters. The zero-order valence-electron chi connectivity index (χ0n) is 8.63. The molecule has 0 aromatic rings. The number of hydrogen-bond acceptors (Lipinski definition) is 3. The van der Waals surface area contributed by atoms with E-state index in [0.717, 1.165) is 12.8 Å². The van der Waals surface area contributed by atoms with Crippen molar-refractivity contribution >= 4 is 5.78 Å². The summed E-state index contributed by atoms with van der Waals surface area (Å²) < 4.78 is 10.4. The molecule has 3 heteroatoms. The van der Waals surface area contributed by atoms with Gasteiger partial charge in [-0.2, -0.15) is 0 Å². The molecule has 1 saturated heterocycles. The Morgan fingerprint density at radius 3 is 2.38 bits per heavy atom. The van der Waals surface area contributed by atoms with Gasteiger partial charge in [0.15, 0.2) is 5.78 Å². The first kappa shape index (κ1) is 10.7. The number of carbonyl (C=O) groups excluding carboxylic acids is 1. The van der Waals surface area contributed by atoms with Gasteiger partial charge in [-0.25, -0.2) is 0 Å². The lowest BCUT2D eigenvalue weighted by Gasteiger charge is -2.29. The van der Waals surface area contributed by atoms with Crippen LogP contribution < -0.4 is 0 Å². The third-order valence-electron chi connectivity index (χ3n) is 2.70. The summed E-state index contributed by atoms with van der Waals surface area (Å²) in [5, 5.41) is 0. The van der Waals surface area contributed by atoms with Crippen LogP contribution in [0.1, 0.15) is 26.7 Å². The Kier molecular flexibility index (Phi) is 3.45. The van der Waals surface area contributed by atoms with Crippen LogP contribution in [0.25, 0.3) is 0 Å². The minimum Gasteiger partial charge on any atom is -0.381 e. The third kappa shape index (κ3) is 2.51. The van der Waals surface area contributed by atoms with Crippen LogP contribution in [0.2, 0.25) is 0 Å². The molecule has 0 radical (unpaired) electrons. The van der Waals surface area contributed by atoms with Crippen LogP contribution in [0.4, 0.5) is 0 Å². The average molecular weight is 186 g/mol. The van der Waals surface area contributed by atoms with Gasteiger partial charge in [0, 0.05) is 26.2 Å². The summed E-state index contributed by atoms with van der Waals surface area (Å²) in [6.45, 7) is 5.06. The van der Waals surface area contributed by atoms with E-state index < -0.39 is 5.60 Å². The van der Waals surface area contributed by atoms with Crippen LogP contribution in [0, 0.1) is 5.92 Å². The molecule has 0 amide bonds. The molecule has 0 aromatic carbocycles. The highest BCUT2D eigenvalue weighted by atomic mass is 16.5. The minimum atomic E-state index is -0.637. The second-order valence-electron chi connectivity index (χ2n) is 3.97. The molecule has 0 saturated carbocycles. The topological polar surface area (TPSA) is 35.5 Å². The Hall–Kier alpha value is -0.410. The predicted molar refractivity (Wildman–Crippen MR) is 49.6 cm³/mol. The van der Waals surface area contributed by atoms with E-state index in [4.69, 9.17) is 9.47 Å². The van der Waals surface area contributed by atoms with Gasteiger partial charge >= 0.3 is 0 Å². The van der Waals surface area contributed by atoms with Crippen LogP contribution in [-0.2, 0) is 14.3 Å². The van der Waals surface area contributed by atoms with Gasteiger partial charge in [0.1, 0.15) is 5.60 Å². The quantitative estimate of drug-likeness (QED) is 0.668. The maximum Gasteiger partial charge on any atom is 0.167 e. The summed E-state index contributed by atoms with van der Waals surface area (Å²) in [6, 6.07) is 0. The molecule has 3 nitrogen and oxygen atoms in total. The van der Waals surface area contributed by atoms with E-state index in [9.17, 15) is 4.79 Å². The van der Waals surface area contributed by atoms with Crippen molar-refractivity contribution in [2.45, 2.75) is 32.3 Å². The summed E-state index contributed by atoms with van der Waals surface area (Å²) in [6.07, 6.45) is 1.68. The molecular weight excluding hydrogens is 168 g/mol. The molecule has 13 heavy (non-hydrogen) atoms. The van der Waals surface area contributed by atoms with Gasteiger partial charge in [-0.15, -0.1) is 0 Å². The number of ketones is 1. The van der Waals surface area contributed by atoms with Crippen molar-refractivity contribution in [3.8, 4) is 0 Å². The van der Waals surface area contributed by atoms with Crippen molar-refractivity contribution in [3.05, 3.63) is 0 Å². The van der Waals surface area contributed by atoms with Crippen LogP contribution in [0.15, 0.2) is 0 Å². The normalized spacial score (nSPS) is 20.2. The van der Waals surface area contributed by atoms with Gasteiger partial charge in [0.05, 0.1) is 0 Å². The smallest absolute Gasteiger partial charge is 0.167 e. The first-order valence-electron chi connectivity index (χ1n) is 4.75. The lowest BCUT2D eigenvalue weighted by atomic mass is 9.86. The van der Waals surface area contributed by atoms with Gasteiger partial charge in [-0.1, -0.05) is 0 Å². The second kappa shape index (κ2) is 4.20. The highest BCUT2D eigenvalue weighted by Crippen LogP contribution is 2.23. The van der Waals surface area contributed by atoms with Crippen molar-refractivity contribution in [1.29, 1.82) is 0 Å². The summed E-state index contributed by atoms with van der Waals surface area (Å²) in [7, 11) is 1.58. The van der Waals surface area contributed by atoms with Gasteiger partial charge in [0.25, 0.3) is 0 Å². The fourth-order valence-electron chi connectivity index (χ4n) is 1.55. The maximum atomic E-state index is 11.9. The highest BCUT2D eigenvalue weighted by molar-refractivity contribution is 5.88. The predicted octanol–water partition coefficient (Wildman–Crippen LogP) is 1.41. The van der Waals surface area contributed by atoms with Crippen molar-refractivity contribution in [2.75, 3.05) is 20.3 Å². The fraction of sp³-hybridized carbons (Fsp3) is 0.900. The zero-order chi connectivity index (χ0) is 9.90. The van der Waals surface area contributed by atoms with Crippen LogP contribution in [-0.4, -0.2) is 31.7 Å². The molecule has 1 aliphatic heterocycles. The van der Waals surface area contributed by atoms with Crippen molar-refractivity contribution in [1.82, 2.24) is 0 Å². The molecule has 76 valence electrons. The second-order valence-corrected chi connectivity index (χ2v) is 3.97. The monoisotopic (exact) mass is 186 g/mol. The first-order valence-corrected chi connectivity index (χ1v) is 4.75. The van der Waals surface area contributed by atoms with Crippen LogP contribution >= 0.6 is 0 Å². The lowest BCUT2D eigenvalue weighted by Crippen LogP contribution is -2.40. The molecule has 0 N–H and O–H groups in total. The summed E-state index contributed by atoms with van der Waals surface area (Å²) in [4.78, 5) is 11.9. The van der Waals surface area contributed by atoms with E-state index in [-0.39, 0.29) is 11.7 Å². The Labute approximate surface area is 79.4 Å². The van der Waals surface area contributed by atoms with Crippen LogP contribution in [0.5, 0.6) is 0 Å². The number of Topliss-reactive ketones (excluding diaryl/α,β-unsaturated/α-hetero) is 1. The van der Waals surface area contributed by atoms with Crippen molar-refractivity contribution < 1.29 is 14.3 Å². The molecule has 0 spiro atoms. The molecule has 1 rings (SSSR count). The van der Waals surface area contributed by atoms with Crippen molar-refractivity contribution in [2.24, 2.45) is 5.92 Å². The Morgan fingerprint density at radius 2 is 1.92 bits per heavy atom. The Balaban J connectivity index is 2.55. The zero-order valence-corrected chi connectivity index (χ0v) is 8.63. The largest absolute Gasteiger partial charge is 0.381 e. The van der Waals surface area contributed by atoms with E-state index in [1.165, 1.54) is 0 Å². The summed E-state index contributed by atoms with van der Waals surface area (Å²) in [5.41, 5.74) is -0.637. The minimum absolute atomic E-state index is 0.128. The molecule has 1 fully saturated rings. The molecule has 0 aliphatic carbocycles. The average Bonchev–Trinajstić information content (AvgIpc) is 2.18. The molecule has 0 bridgehead atoms. The van der Waals surface area contributed by atoms with Crippen LogP contribution in [0.3, 0.4) is 0 Å². The summed E-state index contributed by atoms with van der Waals surface area (Å²) in [5.74, 6) is 0.335. The van der Waals surface area contributed by atoms with Gasteiger partial charge in [0.2, 0.25) is 0 Å². The molecule has 1 heterocycles. The lowest BCUT2D eigenvalue weighted by molar-refractivity contribution is -0.144. The number of carbonyl (C=O) groups is 1. The van der Waals surface area contributed by atoms with E-state index in [0.29, 0.717) is 13.2 Å². The number of hydrogen-bond donors (Lipinski definition) is 0. The van der Waals surface area contributed by atoms with E-state index in [1.807, 2.05) is 13.8 Å². The maximum absolute atomic E-state index is 11.9. The third-order valence-corrected chi connectivity index (χ3v) is 2.70. The Morgan fingerprint density at radius 1 is 1.38 bits per heavy atom. The SMILES string of the molecule is COC(C)(C)C(=O)C1CCOCC1. The van der Waals surface area contributed by atoms with Gasteiger partial charge in [-0.05, 0) is 26.7 Å². The molecule has 0 aromatic heterocycles.